The van der Waals surface area contributed by atoms with Gasteiger partial charge in [-0.15, -0.1) is 5.92 Å². The topological polar surface area (TPSA) is 324 Å². The molecule has 2 aromatic heterocycles. The number of aromatic nitrogens is 2. The first-order chi connectivity index (χ1) is 42.5. The number of nitrogens with zero attached hydrogens (tertiary/aromatic N) is 2. The minimum Gasteiger partial charge on any atom is -0.497 e. The Kier molecular flexibility index (Phi) is 25.9. The first-order valence-electron chi connectivity index (χ1n) is 30.1. The Morgan fingerprint density at radius 2 is 1.56 bits per heavy atom. The van der Waals surface area contributed by atoms with E-state index in [1.807, 2.05) is 25.1 Å². The van der Waals surface area contributed by atoms with E-state index in [1.54, 1.807) is 62.8 Å². The lowest BCUT2D eigenvalue weighted by molar-refractivity contribution is -0.175. The highest BCUT2D eigenvalue weighted by Crippen LogP contribution is 2.42. The van der Waals surface area contributed by atoms with Gasteiger partial charge in [-0.1, -0.05) is 52.2 Å². The fourth-order valence-corrected chi connectivity index (χ4v) is 10.4. The van der Waals surface area contributed by atoms with Gasteiger partial charge in [0.15, 0.2) is 0 Å². The number of hydrogen-bond donors (Lipinski definition) is 6. The number of amides is 6. The summed E-state index contributed by atoms with van der Waals surface area (Å²) in [5, 5.41) is 14.4. The van der Waals surface area contributed by atoms with Gasteiger partial charge >= 0.3 is 18.2 Å². The molecule has 3 aliphatic rings. The normalized spacial score (nSPS) is 16.4. The zero-order valence-corrected chi connectivity index (χ0v) is 50.8. The van der Waals surface area contributed by atoms with Gasteiger partial charge < -0.3 is 79.5 Å². The number of nitrogens with two attached hydrogens (primary N) is 1. The number of aryl methyl sites for hydroxylation is 1. The summed E-state index contributed by atoms with van der Waals surface area (Å²) in [5.74, 6) is 3.77. The molecule has 2 aromatic carbocycles. The van der Waals surface area contributed by atoms with Gasteiger partial charge in [0.2, 0.25) is 29.2 Å². The highest BCUT2D eigenvalue weighted by atomic mass is 16.7. The van der Waals surface area contributed by atoms with Crippen LogP contribution in [-0.4, -0.2) is 149 Å². The number of carbonyl (C=O) groups is 7. The number of urea groups is 1. The van der Waals surface area contributed by atoms with Gasteiger partial charge in [-0.05, 0) is 98.4 Å². The molecular weight excluding hydrogens is 1140 g/mol. The minimum absolute atomic E-state index is 0.0334. The molecule has 1 aliphatic carbocycles. The van der Waals surface area contributed by atoms with E-state index in [9.17, 15) is 38.4 Å². The highest BCUT2D eigenvalue weighted by molar-refractivity contribution is 5.98. The Morgan fingerprint density at radius 1 is 0.830 bits per heavy atom. The van der Waals surface area contributed by atoms with E-state index in [-0.39, 0.29) is 107 Å². The van der Waals surface area contributed by atoms with Gasteiger partial charge in [0, 0.05) is 48.1 Å². The molecule has 7 rings (SSSR count). The van der Waals surface area contributed by atoms with Crippen molar-refractivity contribution in [2.45, 2.75) is 135 Å². The zero-order chi connectivity index (χ0) is 63.0. The first-order valence-corrected chi connectivity index (χ1v) is 30.1. The summed E-state index contributed by atoms with van der Waals surface area (Å²) in [6, 6.07) is 10.7. The third kappa shape index (κ3) is 18.7. The second-order valence-electron chi connectivity index (χ2n) is 21.6. The highest BCUT2D eigenvalue weighted by Gasteiger charge is 2.51. The van der Waals surface area contributed by atoms with Crippen LogP contribution in [0.15, 0.2) is 53.3 Å². The molecule has 0 saturated carbocycles. The van der Waals surface area contributed by atoms with Crippen LogP contribution in [0, 0.1) is 17.8 Å². The van der Waals surface area contributed by atoms with E-state index in [0.29, 0.717) is 79.9 Å². The fraction of sp³-hybridized carbons (Fsp3) is 0.540. The SMILES string of the molecule is CCc1c2c(nc3ccc(OC)cc13)-c1cc3c(c(=O)n1C2)COC(=O)[C@@]3(CC)OC(=O)OCc1ccc(NC(=O)[C@H](CCCNC(N)=O)NC(=O)[C@@H](NC(=O)CCOCCOCCOCCOCCNC(=O)COC2C#CCCCCC2)C(C)C)cc1. The average molecular weight is 1220 g/mol. The average Bonchev–Trinajstić information content (AvgIpc) is 1.53. The second-order valence-corrected chi connectivity index (χ2v) is 21.6. The molecule has 0 fully saturated rings. The molecule has 4 aromatic rings. The molecule has 0 spiro atoms. The van der Waals surface area contributed by atoms with E-state index in [4.69, 9.17) is 53.3 Å². The van der Waals surface area contributed by atoms with Gasteiger partial charge in [0.25, 0.3) is 5.56 Å². The van der Waals surface area contributed by atoms with Crippen molar-refractivity contribution in [2.24, 2.45) is 11.7 Å². The number of cyclic esters (lactones) is 1. The molecule has 88 heavy (non-hydrogen) atoms. The van der Waals surface area contributed by atoms with Gasteiger partial charge in [-0.2, -0.15) is 0 Å². The van der Waals surface area contributed by atoms with Crippen LogP contribution in [0.2, 0.25) is 0 Å². The summed E-state index contributed by atoms with van der Waals surface area (Å²) < 4.78 is 51.7. The zero-order valence-electron chi connectivity index (χ0n) is 50.8. The molecule has 0 saturated heterocycles. The van der Waals surface area contributed by atoms with Crippen LogP contribution < -0.4 is 42.6 Å². The number of rotatable bonds is 34. The van der Waals surface area contributed by atoms with Crippen LogP contribution in [-0.2, 0) is 93.6 Å². The first kappa shape index (κ1) is 67.4. The van der Waals surface area contributed by atoms with Crippen LogP contribution in [0.5, 0.6) is 5.75 Å². The molecule has 1 unspecified atom stereocenters. The third-order valence-corrected chi connectivity index (χ3v) is 15.1. The van der Waals surface area contributed by atoms with E-state index in [0.717, 1.165) is 48.6 Å². The smallest absolute Gasteiger partial charge is 0.497 e. The summed E-state index contributed by atoms with van der Waals surface area (Å²) in [4.78, 5) is 110. The molecule has 2 aliphatic heterocycles. The summed E-state index contributed by atoms with van der Waals surface area (Å²) in [6.07, 6.45) is 4.47. The summed E-state index contributed by atoms with van der Waals surface area (Å²) in [7, 11) is 1.59. The number of esters is 1. The Labute approximate surface area is 511 Å². The molecule has 0 bridgehead atoms. The van der Waals surface area contributed by atoms with Crippen LogP contribution in [0.3, 0.4) is 0 Å². The molecular formula is C63H82N8O17. The molecule has 4 heterocycles. The van der Waals surface area contributed by atoms with Crippen LogP contribution >= 0.6 is 0 Å². The van der Waals surface area contributed by atoms with Crippen LogP contribution in [0.4, 0.5) is 15.3 Å². The molecule has 7 N–H and O–H groups in total. The van der Waals surface area contributed by atoms with E-state index >= 15 is 0 Å². The van der Waals surface area contributed by atoms with E-state index in [2.05, 4.69) is 38.4 Å². The van der Waals surface area contributed by atoms with E-state index < -0.39 is 59.1 Å². The third-order valence-electron chi connectivity index (χ3n) is 15.1. The van der Waals surface area contributed by atoms with Crippen molar-refractivity contribution in [1.82, 2.24) is 30.8 Å². The summed E-state index contributed by atoms with van der Waals surface area (Å²) in [5.41, 5.74) is 7.68. The van der Waals surface area contributed by atoms with Crippen LogP contribution in [0.1, 0.15) is 113 Å². The Hall–Kier alpha value is -8.15. The number of primary amides is 1. The van der Waals surface area contributed by atoms with Crippen molar-refractivity contribution in [3.8, 4) is 29.0 Å². The Morgan fingerprint density at radius 3 is 2.25 bits per heavy atom. The lowest BCUT2D eigenvalue weighted by Gasteiger charge is -2.35. The Bertz CT molecular complexity index is 3210. The molecule has 0 radical (unpaired) electrons. The maximum absolute atomic E-state index is 14.2. The second kappa shape index (κ2) is 33.8. The van der Waals surface area contributed by atoms with Crippen LogP contribution in [0.25, 0.3) is 22.3 Å². The molecule has 476 valence electrons. The number of benzene rings is 2. The molecule has 4 atom stereocenters. The standard InChI is InChI=1S/C63H82N8O17/c1-6-45-46-34-44(80-5)21-22-50(46)68-56-47(45)36-71-52(56)35-49-48(59(71)76)38-86-60(77)63(49,7-2)88-62(79)87-37-41-17-19-42(20-18-41)67-57(74)51(16-13-24-66-61(64)78)69-58(75)55(40(3)4)70-53(72)23-26-81-28-30-83-32-33-84-31-29-82-27-25-65-54(73)39-85-43-14-11-9-8-10-12-15-43/h17-22,34-35,40,43,51,55H,6-11,13-14,16,23-33,36-39H2,1-5H3,(H,65,73)(H,67,74)(H,69,75)(H,70,72)(H3,64,66,78)/t43?,51-,55-,63-/m0/s1. The van der Waals surface area contributed by atoms with Gasteiger partial charge in [-0.25, -0.2) is 19.4 Å². The molecule has 25 nitrogen and oxygen atoms in total. The van der Waals surface area contributed by atoms with Crippen molar-refractivity contribution < 1.29 is 76.2 Å². The van der Waals surface area contributed by atoms with Gasteiger partial charge in [0.05, 0.1) is 89.0 Å². The maximum Gasteiger partial charge on any atom is 0.510 e. The number of anilines is 1. The van der Waals surface area contributed by atoms with E-state index in [1.165, 1.54) is 0 Å². The monoisotopic (exact) mass is 1220 g/mol. The largest absolute Gasteiger partial charge is 0.510 e. The fourth-order valence-electron chi connectivity index (χ4n) is 10.4. The van der Waals surface area contributed by atoms with Crippen molar-refractivity contribution in [3.63, 3.8) is 0 Å². The van der Waals surface area contributed by atoms with Crippen molar-refractivity contribution in [1.29, 1.82) is 0 Å². The maximum atomic E-state index is 14.2. The number of methoxy groups -OCH3 is 1. The molecule has 6 amide bonds. The summed E-state index contributed by atoms with van der Waals surface area (Å²) in [6.45, 7) is 9.46. The number of hydrogen-bond acceptors (Lipinski definition) is 18. The van der Waals surface area contributed by atoms with Crippen molar-refractivity contribution in [2.75, 3.05) is 85.0 Å². The number of carbonyl (C=O) groups excluding carboxylic acids is 7. The number of pyridine rings is 2. The molecule has 25 heteroatoms. The number of nitrogens with one attached hydrogen (secondary N) is 5. The minimum atomic E-state index is -2.01. The predicted octanol–water partition coefficient (Wildman–Crippen LogP) is 4.95. The quantitative estimate of drug-likeness (QED) is 0.0180. The van der Waals surface area contributed by atoms with Gasteiger partial charge in [-0.3, -0.25) is 24.0 Å². The number of fused-ring (bicyclic) bond motifs is 5. The summed E-state index contributed by atoms with van der Waals surface area (Å²) >= 11 is 0. The number of ether oxygens (including phenoxy) is 9. The Balaban J connectivity index is 0.825. The lowest BCUT2D eigenvalue weighted by Crippen LogP contribution is -2.54. The predicted molar refractivity (Wildman–Crippen MR) is 322 cm³/mol. The lowest BCUT2D eigenvalue weighted by atomic mass is 9.85. The van der Waals surface area contributed by atoms with Crippen molar-refractivity contribution in [3.05, 3.63) is 86.7 Å². The van der Waals surface area contributed by atoms with Gasteiger partial charge in [0.1, 0.15) is 43.8 Å². The van der Waals surface area contributed by atoms with Crippen molar-refractivity contribution >= 4 is 58.4 Å².